The van der Waals surface area contributed by atoms with E-state index in [1.54, 1.807) is 42.5 Å². The molecule has 6 nitrogen and oxygen atoms in total. The number of nitrogens with zero attached hydrogens (tertiary/aromatic N) is 1. The average molecular weight is 383 g/mol. The Morgan fingerprint density at radius 2 is 1.48 bits per heavy atom. The molecular weight excluding hydrogens is 362 g/mol. The molecule has 0 aromatic heterocycles. The third-order valence-electron chi connectivity index (χ3n) is 3.44. The highest BCUT2D eigenvalue weighted by molar-refractivity contribution is 7.89. The first-order valence-electron chi connectivity index (χ1n) is 7.65. The largest absolute Gasteiger partial charge is 0.383 e. The van der Waals surface area contributed by atoms with Crippen molar-refractivity contribution in [2.75, 3.05) is 6.26 Å². The zero-order valence-electron chi connectivity index (χ0n) is 14.3. The van der Waals surface area contributed by atoms with Gasteiger partial charge in [0, 0.05) is 12.6 Å². The Labute approximate surface area is 149 Å². The van der Waals surface area contributed by atoms with E-state index in [0.29, 0.717) is 0 Å². The second-order valence-corrected chi connectivity index (χ2v) is 9.35. The first-order chi connectivity index (χ1) is 11.6. The van der Waals surface area contributed by atoms with Gasteiger partial charge in [-0.25, -0.2) is 8.42 Å². The molecule has 0 fully saturated rings. The van der Waals surface area contributed by atoms with Gasteiger partial charge in [-0.15, -0.1) is 0 Å². The molecule has 0 radical (unpaired) electrons. The van der Waals surface area contributed by atoms with Crippen molar-refractivity contribution in [1.82, 2.24) is 4.31 Å². The third-order valence-corrected chi connectivity index (χ3v) is 5.97. The predicted octanol–water partition coefficient (Wildman–Crippen LogP) is 2.62. The maximum absolute atomic E-state index is 12.9. The molecule has 2 aromatic rings. The molecule has 0 saturated carbocycles. The molecule has 136 valence electrons. The SMILES string of the molecule is CC(C)N(Cc1ccc(OS(C)(=O)=O)cc1)S(=O)(=O)c1ccccc1. The van der Waals surface area contributed by atoms with Gasteiger partial charge < -0.3 is 4.18 Å². The molecule has 0 amide bonds. The van der Waals surface area contributed by atoms with Crippen LogP contribution in [0.1, 0.15) is 19.4 Å². The highest BCUT2D eigenvalue weighted by Gasteiger charge is 2.26. The normalized spacial score (nSPS) is 12.5. The lowest BCUT2D eigenvalue weighted by Gasteiger charge is -2.26. The van der Waals surface area contributed by atoms with Crippen LogP contribution in [0.25, 0.3) is 0 Å². The van der Waals surface area contributed by atoms with E-state index >= 15 is 0 Å². The van der Waals surface area contributed by atoms with Crippen LogP contribution in [-0.2, 0) is 26.7 Å². The van der Waals surface area contributed by atoms with Crippen molar-refractivity contribution < 1.29 is 21.0 Å². The van der Waals surface area contributed by atoms with Crippen molar-refractivity contribution in [3.8, 4) is 5.75 Å². The van der Waals surface area contributed by atoms with Crippen molar-refractivity contribution in [3.63, 3.8) is 0 Å². The molecule has 0 spiro atoms. The second-order valence-electron chi connectivity index (χ2n) is 5.89. The van der Waals surface area contributed by atoms with Gasteiger partial charge in [-0.2, -0.15) is 12.7 Å². The fraction of sp³-hybridized carbons (Fsp3) is 0.294. The van der Waals surface area contributed by atoms with Gasteiger partial charge in [0.15, 0.2) is 0 Å². The monoisotopic (exact) mass is 383 g/mol. The second kappa shape index (κ2) is 7.55. The topological polar surface area (TPSA) is 80.8 Å². The Morgan fingerprint density at radius 1 is 0.920 bits per heavy atom. The zero-order chi connectivity index (χ0) is 18.7. The van der Waals surface area contributed by atoms with Crippen molar-refractivity contribution in [1.29, 1.82) is 0 Å². The van der Waals surface area contributed by atoms with Crippen LogP contribution in [0.2, 0.25) is 0 Å². The van der Waals surface area contributed by atoms with E-state index in [0.717, 1.165) is 11.8 Å². The van der Waals surface area contributed by atoms with Crippen LogP contribution in [0.3, 0.4) is 0 Å². The van der Waals surface area contributed by atoms with Crippen LogP contribution in [-0.4, -0.2) is 33.4 Å². The van der Waals surface area contributed by atoms with Crippen molar-refractivity contribution in [3.05, 3.63) is 60.2 Å². The molecule has 0 saturated heterocycles. The highest BCUT2D eigenvalue weighted by atomic mass is 32.2. The van der Waals surface area contributed by atoms with Gasteiger partial charge >= 0.3 is 10.1 Å². The molecule has 0 aliphatic heterocycles. The van der Waals surface area contributed by atoms with Gasteiger partial charge in [-0.05, 0) is 43.7 Å². The summed E-state index contributed by atoms with van der Waals surface area (Å²) < 4.78 is 54.2. The molecule has 8 heteroatoms. The molecule has 0 N–H and O–H groups in total. The van der Waals surface area contributed by atoms with Gasteiger partial charge in [0.05, 0.1) is 11.2 Å². The fourth-order valence-electron chi connectivity index (χ4n) is 2.28. The molecule has 0 atom stereocenters. The predicted molar refractivity (Wildman–Crippen MR) is 96.2 cm³/mol. The molecule has 2 rings (SSSR count). The smallest absolute Gasteiger partial charge is 0.306 e. The third kappa shape index (κ3) is 5.29. The van der Waals surface area contributed by atoms with Crippen LogP contribution in [0.15, 0.2) is 59.5 Å². The molecular formula is C17H21NO5S2. The van der Waals surface area contributed by atoms with Gasteiger partial charge in [0.2, 0.25) is 10.0 Å². The standard InChI is InChI=1S/C17H21NO5S2/c1-14(2)18(25(21,22)17-7-5-4-6-8-17)13-15-9-11-16(12-10-15)23-24(3,19)20/h4-12,14H,13H2,1-3H3. The minimum absolute atomic E-state index is 0.175. The summed E-state index contributed by atoms with van der Waals surface area (Å²) in [6.45, 7) is 3.79. The van der Waals surface area contributed by atoms with Crippen LogP contribution < -0.4 is 4.18 Å². The van der Waals surface area contributed by atoms with Gasteiger partial charge in [-0.3, -0.25) is 0 Å². The molecule has 25 heavy (non-hydrogen) atoms. The highest BCUT2D eigenvalue weighted by Crippen LogP contribution is 2.22. The summed E-state index contributed by atoms with van der Waals surface area (Å²) in [6.07, 6.45) is 0.966. The van der Waals surface area contributed by atoms with E-state index in [1.165, 1.54) is 16.4 Å². The molecule has 0 aliphatic rings. The number of rotatable bonds is 7. The summed E-state index contributed by atoms with van der Waals surface area (Å²) in [5.41, 5.74) is 0.731. The number of benzene rings is 2. The van der Waals surface area contributed by atoms with Crippen molar-refractivity contribution >= 4 is 20.1 Å². The summed E-state index contributed by atoms with van der Waals surface area (Å²) in [6, 6.07) is 14.3. The van der Waals surface area contributed by atoms with Gasteiger partial charge in [0.1, 0.15) is 5.75 Å². The Kier molecular flexibility index (Phi) is 5.87. The van der Waals surface area contributed by atoms with E-state index in [2.05, 4.69) is 0 Å². The molecule has 0 unspecified atom stereocenters. The maximum Gasteiger partial charge on any atom is 0.306 e. The lowest BCUT2D eigenvalue weighted by Crippen LogP contribution is -2.36. The fourth-order valence-corrected chi connectivity index (χ4v) is 4.38. The summed E-state index contributed by atoms with van der Waals surface area (Å²) in [5, 5.41) is 0. The number of hydrogen-bond acceptors (Lipinski definition) is 5. The molecule has 0 aliphatic carbocycles. The van der Waals surface area contributed by atoms with E-state index < -0.39 is 20.1 Å². The van der Waals surface area contributed by atoms with E-state index in [-0.39, 0.29) is 23.2 Å². The van der Waals surface area contributed by atoms with Crippen LogP contribution in [0, 0.1) is 0 Å². The maximum atomic E-state index is 12.9. The summed E-state index contributed by atoms with van der Waals surface area (Å²) in [5.74, 6) is 0.188. The van der Waals surface area contributed by atoms with Crippen LogP contribution in [0.5, 0.6) is 5.75 Å². The molecule has 0 heterocycles. The zero-order valence-corrected chi connectivity index (χ0v) is 15.9. The Bertz CT molecular complexity index is 905. The average Bonchev–Trinajstić information content (AvgIpc) is 2.53. The van der Waals surface area contributed by atoms with E-state index in [4.69, 9.17) is 4.18 Å². The Hall–Kier alpha value is -1.90. The molecule has 0 bridgehead atoms. The number of hydrogen-bond donors (Lipinski definition) is 0. The van der Waals surface area contributed by atoms with Crippen molar-refractivity contribution in [2.24, 2.45) is 0 Å². The molecule has 2 aromatic carbocycles. The summed E-state index contributed by atoms with van der Waals surface area (Å²) >= 11 is 0. The van der Waals surface area contributed by atoms with E-state index in [9.17, 15) is 16.8 Å². The quantitative estimate of drug-likeness (QED) is 0.687. The van der Waals surface area contributed by atoms with E-state index in [1.807, 2.05) is 13.8 Å². The Morgan fingerprint density at radius 3 is 1.96 bits per heavy atom. The Balaban J connectivity index is 2.25. The van der Waals surface area contributed by atoms with Gasteiger partial charge in [-0.1, -0.05) is 30.3 Å². The van der Waals surface area contributed by atoms with Crippen molar-refractivity contribution in [2.45, 2.75) is 31.3 Å². The number of sulfonamides is 1. The lowest BCUT2D eigenvalue weighted by atomic mass is 10.2. The van der Waals surface area contributed by atoms with Crippen LogP contribution in [0.4, 0.5) is 0 Å². The minimum atomic E-state index is -3.63. The first-order valence-corrected chi connectivity index (χ1v) is 10.9. The van der Waals surface area contributed by atoms with Crippen LogP contribution >= 0.6 is 0 Å². The summed E-state index contributed by atoms with van der Waals surface area (Å²) in [4.78, 5) is 0.237. The van der Waals surface area contributed by atoms with Gasteiger partial charge in [0.25, 0.3) is 0 Å². The first kappa shape index (κ1) is 19.4. The lowest BCUT2D eigenvalue weighted by molar-refractivity contribution is 0.348. The minimum Gasteiger partial charge on any atom is -0.383 e. The summed E-state index contributed by atoms with van der Waals surface area (Å²) in [7, 11) is -7.22.